The minimum absolute atomic E-state index is 0.0446. The van der Waals surface area contributed by atoms with Crippen LogP contribution in [0.1, 0.15) is 55.3 Å². The van der Waals surface area contributed by atoms with E-state index in [2.05, 4.69) is 26.1 Å². The molecule has 1 N–H and O–H groups in total. The van der Waals surface area contributed by atoms with Gasteiger partial charge in [0.1, 0.15) is 0 Å². The molecule has 0 bridgehead atoms. The maximum absolute atomic E-state index is 12.4. The molecule has 0 spiro atoms. The van der Waals surface area contributed by atoms with E-state index >= 15 is 0 Å². The van der Waals surface area contributed by atoms with Crippen molar-refractivity contribution in [3.8, 4) is 0 Å². The summed E-state index contributed by atoms with van der Waals surface area (Å²) >= 11 is 3.46. The first-order valence-electron chi connectivity index (χ1n) is 9.00. The summed E-state index contributed by atoms with van der Waals surface area (Å²) in [6.45, 7) is 3.51. The van der Waals surface area contributed by atoms with Crippen LogP contribution in [0.3, 0.4) is 0 Å². The van der Waals surface area contributed by atoms with Crippen LogP contribution in [0.4, 0.5) is 0 Å². The quantitative estimate of drug-likeness (QED) is 0.850. The zero-order valence-electron chi connectivity index (χ0n) is 13.8. The molecule has 2 fully saturated rings. The largest absolute Gasteiger partial charge is 0.349 e. The van der Waals surface area contributed by atoms with Crippen molar-refractivity contribution < 1.29 is 4.79 Å². The van der Waals surface area contributed by atoms with E-state index in [1.165, 1.54) is 38.6 Å². The van der Waals surface area contributed by atoms with Gasteiger partial charge >= 0.3 is 0 Å². The number of halogens is 1. The Bertz CT molecular complexity index is 520. The van der Waals surface area contributed by atoms with E-state index in [0.29, 0.717) is 6.04 Å². The molecule has 23 heavy (non-hydrogen) atoms. The van der Waals surface area contributed by atoms with Gasteiger partial charge in [-0.05, 0) is 59.7 Å². The minimum Gasteiger partial charge on any atom is -0.349 e. The Morgan fingerprint density at radius 2 is 1.78 bits per heavy atom. The van der Waals surface area contributed by atoms with E-state index in [0.717, 1.165) is 41.9 Å². The molecule has 0 radical (unpaired) electrons. The first-order chi connectivity index (χ1) is 11.2. The summed E-state index contributed by atoms with van der Waals surface area (Å²) in [6.07, 6.45) is 9.25. The number of benzene rings is 1. The highest BCUT2D eigenvalue weighted by Crippen LogP contribution is 2.25. The number of rotatable bonds is 4. The van der Waals surface area contributed by atoms with Crippen LogP contribution in [0.2, 0.25) is 0 Å². The molecule has 4 heteroatoms. The molecule has 126 valence electrons. The summed E-state index contributed by atoms with van der Waals surface area (Å²) < 4.78 is 0.868. The summed E-state index contributed by atoms with van der Waals surface area (Å²) in [4.78, 5) is 15.0. The van der Waals surface area contributed by atoms with Crippen LogP contribution in [0, 0.1) is 5.92 Å². The summed E-state index contributed by atoms with van der Waals surface area (Å²) in [7, 11) is 0. The molecule has 1 saturated carbocycles. The van der Waals surface area contributed by atoms with Crippen LogP contribution in [0.25, 0.3) is 0 Å². The summed E-state index contributed by atoms with van der Waals surface area (Å²) in [5.74, 6) is 0.957. The van der Waals surface area contributed by atoms with Crippen molar-refractivity contribution in [3.05, 3.63) is 34.3 Å². The molecule has 0 aromatic heterocycles. The third-order valence-electron chi connectivity index (χ3n) is 5.28. The van der Waals surface area contributed by atoms with Crippen molar-refractivity contribution >= 4 is 21.8 Å². The second kappa shape index (κ2) is 8.29. The molecule has 0 atom stereocenters. The van der Waals surface area contributed by atoms with E-state index in [9.17, 15) is 4.79 Å². The molecule has 1 aromatic carbocycles. The fourth-order valence-corrected chi connectivity index (χ4v) is 4.37. The van der Waals surface area contributed by atoms with Crippen LogP contribution >= 0.6 is 15.9 Å². The monoisotopic (exact) mass is 378 g/mol. The van der Waals surface area contributed by atoms with E-state index < -0.39 is 0 Å². The number of amides is 1. The first-order valence-corrected chi connectivity index (χ1v) is 9.79. The SMILES string of the molecule is O=C(NC1CCN(CC2CCCCC2)CC1)c1ccccc1Br. The number of nitrogens with one attached hydrogen (secondary N) is 1. The van der Waals surface area contributed by atoms with Gasteiger partial charge < -0.3 is 10.2 Å². The maximum Gasteiger partial charge on any atom is 0.252 e. The van der Waals surface area contributed by atoms with E-state index in [-0.39, 0.29) is 5.91 Å². The highest BCUT2D eigenvalue weighted by Gasteiger charge is 2.24. The van der Waals surface area contributed by atoms with Gasteiger partial charge in [0, 0.05) is 30.1 Å². The van der Waals surface area contributed by atoms with Crippen molar-refractivity contribution in [3.63, 3.8) is 0 Å². The molecule has 3 nitrogen and oxygen atoms in total. The first kappa shape index (κ1) is 17.0. The predicted octanol–water partition coefficient (Wildman–Crippen LogP) is 4.22. The fourth-order valence-electron chi connectivity index (χ4n) is 3.90. The Balaban J connectivity index is 1.44. The molecular formula is C19H27BrN2O. The predicted molar refractivity (Wildman–Crippen MR) is 97.6 cm³/mol. The number of carbonyl (C=O) groups is 1. The normalized spacial score (nSPS) is 21.3. The lowest BCUT2D eigenvalue weighted by atomic mass is 9.88. The Morgan fingerprint density at radius 1 is 1.09 bits per heavy atom. The Kier molecular flexibility index (Phi) is 6.12. The van der Waals surface area contributed by atoms with Crippen molar-refractivity contribution in [2.45, 2.75) is 51.0 Å². The topological polar surface area (TPSA) is 32.3 Å². The summed E-state index contributed by atoms with van der Waals surface area (Å²) in [5.41, 5.74) is 0.733. The molecule has 1 heterocycles. The Morgan fingerprint density at radius 3 is 2.48 bits per heavy atom. The van der Waals surface area contributed by atoms with Crippen LogP contribution in [0.5, 0.6) is 0 Å². The lowest BCUT2D eigenvalue weighted by Crippen LogP contribution is -2.46. The van der Waals surface area contributed by atoms with Crippen LogP contribution in [0.15, 0.2) is 28.7 Å². The van der Waals surface area contributed by atoms with Gasteiger partial charge in [-0.25, -0.2) is 0 Å². The molecular weight excluding hydrogens is 352 g/mol. The minimum atomic E-state index is 0.0446. The third-order valence-corrected chi connectivity index (χ3v) is 5.97. The van der Waals surface area contributed by atoms with Crippen molar-refractivity contribution in [2.24, 2.45) is 5.92 Å². The van der Waals surface area contributed by atoms with Gasteiger partial charge in [-0.1, -0.05) is 31.4 Å². The van der Waals surface area contributed by atoms with Gasteiger partial charge in [-0.3, -0.25) is 4.79 Å². The number of carbonyl (C=O) groups excluding carboxylic acids is 1. The number of piperidine rings is 1. The van der Waals surface area contributed by atoms with Crippen molar-refractivity contribution in [1.82, 2.24) is 10.2 Å². The number of likely N-dealkylation sites (tertiary alicyclic amines) is 1. The third kappa shape index (κ3) is 4.80. The molecule has 0 unspecified atom stereocenters. The second-order valence-electron chi connectivity index (χ2n) is 7.03. The maximum atomic E-state index is 12.4. The zero-order chi connectivity index (χ0) is 16.1. The highest BCUT2D eigenvalue weighted by molar-refractivity contribution is 9.10. The van der Waals surface area contributed by atoms with Gasteiger partial charge in [0.25, 0.3) is 5.91 Å². The number of hydrogen-bond acceptors (Lipinski definition) is 2. The lowest BCUT2D eigenvalue weighted by Gasteiger charge is -2.35. The fraction of sp³-hybridized carbons (Fsp3) is 0.632. The van der Waals surface area contributed by atoms with E-state index in [1.54, 1.807) is 0 Å². The Hall–Kier alpha value is -0.870. The van der Waals surface area contributed by atoms with Gasteiger partial charge in [0.05, 0.1) is 5.56 Å². The molecule has 1 amide bonds. The van der Waals surface area contributed by atoms with Crippen LogP contribution in [-0.4, -0.2) is 36.5 Å². The van der Waals surface area contributed by atoms with Gasteiger partial charge in [-0.15, -0.1) is 0 Å². The summed E-state index contributed by atoms with van der Waals surface area (Å²) in [5, 5.41) is 3.20. The van der Waals surface area contributed by atoms with Crippen LogP contribution in [-0.2, 0) is 0 Å². The Labute approximate surface area is 148 Å². The molecule has 1 saturated heterocycles. The molecule has 1 aliphatic heterocycles. The number of nitrogens with zero attached hydrogens (tertiary/aromatic N) is 1. The molecule has 1 aromatic rings. The van der Waals surface area contributed by atoms with Crippen molar-refractivity contribution in [2.75, 3.05) is 19.6 Å². The standard InChI is InChI=1S/C19H27BrN2O/c20-18-9-5-4-8-17(18)19(23)21-16-10-12-22(13-11-16)14-15-6-2-1-3-7-15/h4-5,8-9,15-16H,1-3,6-7,10-14H2,(H,21,23). The molecule has 1 aliphatic carbocycles. The lowest BCUT2D eigenvalue weighted by molar-refractivity contribution is 0.0901. The second-order valence-corrected chi connectivity index (χ2v) is 7.89. The van der Waals surface area contributed by atoms with E-state index in [4.69, 9.17) is 0 Å². The van der Waals surface area contributed by atoms with Crippen LogP contribution < -0.4 is 5.32 Å². The summed E-state index contributed by atoms with van der Waals surface area (Å²) in [6, 6.07) is 7.95. The zero-order valence-corrected chi connectivity index (χ0v) is 15.4. The van der Waals surface area contributed by atoms with E-state index in [1.807, 2.05) is 24.3 Å². The average Bonchev–Trinajstić information content (AvgIpc) is 2.58. The smallest absolute Gasteiger partial charge is 0.252 e. The molecule has 3 rings (SSSR count). The van der Waals surface area contributed by atoms with Crippen molar-refractivity contribution in [1.29, 1.82) is 0 Å². The highest BCUT2D eigenvalue weighted by atomic mass is 79.9. The van der Waals surface area contributed by atoms with Gasteiger partial charge in [0.2, 0.25) is 0 Å². The van der Waals surface area contributed by atoms with Gasteiger partial charge in [-0.2, -0.15) is 0 Å². The van der Waals surface area contributed by atoms with Gasteiger partial charge in [0.15, 0.2) is 0 Å². The average molecular weight is 379 g/mol. The number of hydrogen-bond donors (Lipinski definition) is 1. The molecule has 2 aliphatic rings.